The third kappa shape index (κ3) is 11.2. The fourth-order valence-corrected chi connectivity index (χ4v) is 6.76. The summed E-state index contributed by atoms with van der Waals surface area (Å²) < 4.78 is 16.5. The molecule has 2 aromatic carbocycles. The molecule has 0 fully saturated rings. The highest BCUT2D eigenvalue weighted by atomic mass is 16.5. The number of nitrogens with zero attached hydrogens (tertiary/aromatic N) is 4. The van der Waals surface area contributed by atoms with Gasteiger partial charge in [-0.15, -0.1) is 0 Å². The molecule has 0 saturated carbocycles. The summed E-state index contributed by atoms with van der Waals surface area (Å²) in [6, 6.07) is 9.61. The van der Waals surface area contributed by atoms with E-state index in [1.165, 1.54) is 20.3 Å². The highest BCUT2D eigenvalue weighted by Gasteiger charge is 2.39. The first-order valence-electron chi connectivity index (χ1n) is 19.1. The van der Waals surface area contributed by atoms with E-state index in [2.05, 4.69) is 37.5 Å². The quantitative estimate of drug-likeness (QED) is 0.0459. The number of aromatic hydroxyl groups is 1. The van der Waals surface area contributed by atoms with E-state index < -0.39 is 30.4 Å². The van der Waals surface area contributed by atoms with Crippen LogP contribution in [0.1, 0.15) is 96.1 Å². The lowest BCUT2D eigenvalue weighted by atomic mass is 9.80. The van der Waals surface area contributed by atoms with Crippen molar-refractivity contribution >= 4 is 35.5 Å². The number of esters is 2. The van der Waals surface area contributed by atoms with Crippen LogP contribution in [0.3, 0.4) is 0 Å². The van der Waals surface area contributed by atoms with Crippen LogP contribution in [0.5, 0.6) is 11.5 Å². The minimum Gasteiger partial charge on any atom is -0.508 e. The Morgan fingerprint density at radius 1 is 0.807 bits per heavy atom. The van der Waals surface area contributed by atoms with E-state index in [1.807, 2.05) is 13.8 Å². The van der Waals surface area contributed by atoms with Gasteiger partial charge in [0, 0.05) is 41.9 Å². The van der Waals surface area contributed by atoms with Gasteiger partial charge < -0.3 is 51.6 Å². The third-order valence-electron chi connectivity index (χ3n) is 9.73. The number of aliphatic hydroxyl groups excluding tert-OH is 2. The Morgan fingerprint density at radius 3 is 1.98 bits per heavy atom. The van der Waals surface area contributed by atoms with Crippen molar-refractivity contribution in [1.29, 1.82) is 0 Å². The van der Waals surface area contributed by atoms with Gasteiger partial charge in [0.2, 0.25) is 11.9 Å². The van der Waals surface area contributed by atoms with E-state index in [0.717, 1.165) is 30.4 Å². The highest BCUT2D eigenvalue weighted by molar-refractivity contribution is 5.90. The molecule has 16 heteroatoms. The van der Waals surface area contributed by atoms with Crippen LogP contribution < -0.4 is 26.8 Å². The zero-order valence-corrected chi connectivity index (χ0v) is 33.6. The molecule has 0 aliphatic rings. The molecule has 0 aliphatic heterocycles. The summed E-state index contributed by atoms with van der Waals surface area (Å²) in [5.74, 6) is -2.55. The topological polar surface area (TPSA) is 250 Å². The van der Waals surface area contributed by atoms with Crippen molar-refractivity contribution < 1.29 is 39.1 Å². The Hall–Kier alpha value is -5.74. The number of nitrogen functional groups attached to an aromatic ring is 2. The second-order valence-corrected chi connectivity index (χ2v) is 13.8. The van der Waals surface area contributed by atoms with Crippen LogP contribution in [-0.4, -0.2) is 93.8 Å². The molecule has 3 atom stereocenters. The van der Waals surface area contributed by atoms with Gasteiger partial charge in [-0.25, -0.2) is 9.97 Å². The molecule has 0 radical (unpaired) electrons. The van der Waals surface area contributed by atoms with E-state index in [4.69, 9.17) is 25.7 Å². The largest absolute Gasteiger partial charge is 0.508 e. The minimum absolute atomic E-state index is 0.0646. The van der Waals surface area contributed by atoms with Crippen molar-refractivity contribution in [2.24, 2.45) is 0 Å². The number of aryl methyl sites for hydroxylation is 2. The van der Waals surface area contributed by atoms with E-state index in [0.29, 0.717) is 64.8 Å². The predicted molar refractivity (Wildman–Crippen MR) is 217 cm³/mol. The number of unbranched alkanes of at least 4 members (excludes halogenated alkanes) is 1. The Balaban J connectivity index is 1.76. The van der Waals surface area contributed by atoms with Crippen molar-refractivity contribution in [3.8, 4) is 11.5 Å². The van der Waals surface area contributed by atoms with Crippen LogP contribution in [0.25, 0.3) is 0 Å². The van der Waals surface area contributed by atoms with Crippen molar-refractivity contribution in [2.75, 3.05) is 62.7 Å². The van der Waals surface area contributed by atoms with Gasteiger partial charge in [-0.2, -0.15) is 9.97 Å². The van der Waals surface area contributed by atoms with Gasteiger partial charge in [0.05, 0.1) is 45.3 Å². The first-order chi connectivity index (χ1) is 27.4. The van der Waals surface area contributed by atoms with Crippen molar-refractivity contribution in [2.45, 2.75) is 84.1 Å². The molecular weight excluding hydrogens is 732 g/mol. The van der Waals surface area contributed by atoms with Gasteiger partial charge in [-0.05, 0) is 61.1 Å². The number of aromatic nitrogens is 4. The second-order valence-electron chi connectivity index (χ2n) is 13.8. The molecule has 16 nitrogen and oxygen atoms in total. The average Bonchev–Trinajstić information content (AvgIpc) is 3.18. The number of hydrogen-bond acceptors (Lipinski definition) is 16. The molecule has 3 unspecified atom stereocenters. The number of carbonyl (C=O) groups is 2. The van der Waals surface area contributed by atoms with Gasteiger partial charge in [0.1, 0.15) is 29.7 Å². The number of phenols is 1. The summed E-state index contributed by atoms with van der Waals surface area (Å²) in [5.41, 5.74) is 16.6. The summed E-state index contributed by atoms with van der Waals surface area (Å²) in [6.07, 6.45) is 4.02. The zero-order valence-electron chi connectivity index (χ0n) is 33.6. The number of hydrogen-bond donors (Lipinski definition) is 7. The van der Waals surface area contributed by atoms with Gasteiger partial charge in [-0.1, -0.05) is 51.0 Å². The number of carbonyl (C=O) groups excluding carboxylic acids is 2. The van der Waals surface area contributed by atoms with Crippen molar-refractivity contribution in [1.82, 2.24) is 19.9 Å². The smallest absolute Gasteiger partial charge is 0.314 e. The van der Waals surface area contributed by atoms with Crippen LogP contribution in [0.4, 0.5) is 23.5 Å². The molecule has 0 bridgehead atoms. The lowest BCUT2D eigenvalue weighted by Gasteiger charge is -2.26. The van der Waals surface area contributed by atoms with Gasteiger partial charge in [0.25, 0.3) is 0 Å². The van der Waals surface area contributed by atoms with E-state index >= 15 is 0 Å². The molecule has 308 valence electrons. The summed E-state index contributed by atoms with van der Waals surface area (Å²) >= 11 is 0. The molecule has 0 amide bonds. The number of nitrogens with one attached hydrogen (secondary N) is 2. The molecule has 0 aliphatic carbocycles. The van der Waals surface area contributed by atoms with Crippen LogP contribution in [0.15, 0.2) is 36.4 Å². The normalized spacial score (nSPS) is 12.7. The molecular formula is C41H56N8O8. The van der Waals surface area contributed by atoms with Crippen molar-refractivity contribution in [3.05, 3.63) is 81.2 Å². The standard InChI is InChI=1S/C41H56N8O8/c1-7-9-15-44-36-30(23(3)45-40(42)48-36)19-26-12-14-28(21-33(26)55-5)35(39(54)57-17-16-50)34(38(53)56-6)27-13-11-25(32(52)20-27)18-31-24(4)46-41(43)49-37(31)47-29(22-51)10-8-2/h11-14,20-21,29,34-35,50-52H,7-10,15-19,22H2,1-6H3,(H3,42,44,45,48)(H3,43,46,47,49). The van der Waals surface area contributed by atoms with Gasteiger partial charge in [-0.3, -0.25) is 9.59 Å². The van der Waals surface area contributed by atoms with Crippen LogP contribution in [-0.2, 0) is 31.9 Å². The summed E-state index contributed by atoms with van der Waals surface area (Å²) in [4.78, 5) is 45.1. The number of methoxy groups -OCH3 is 2. The lowest BCUT2D eigenvalue weighted by Crippen LogP contribution is -2.29. The minimum atomic E-state index is -1.28. The molecule has 4 rings (SSSR count). The summed E-state index contributed by atoms with van der Waals surface area (Å²) in [7, 11) is 2.72. The summed E-state index contributed by atoms with van der Waals surface area (Å²) in [5, 5.41) is 37.5. The highest BCUT2D eigenvalue weighted by Crippen LogP contribution is 2.40. The number of phenolic OH excluding ortho intramolecular Hbond substituents is 1. The maximum absolute atomic E-state index is 13.9. The predicted octanol–water partition coefficient (Wildman–Crippen LogP) is 4.30. The number of benzene rings is 2. The Morgan fingerprint density at radius 2 is 1.40 bits per heavy atom. The van der Waals surface area contributed by atoms with E-state index in [1.54, 1.807) is 37.3 Å². The molecule has 57 heavy (non-hydrogen) atoms. The molecule has 0 spiro atoms. The molecule has 2 heterocycles. The van der Waals surface area contributed by atoms with Crippen LogP contribution in [0, 0.1) is 13.8 Å². The van der Waals surface area contributed by atoms with E-state index in [9.17, 15) is 24.9 Å². The lowest BCUT2D eigenvalue weighted by molar-refractivity contribution is -0.153. The second kappa shape index (κ2) is 21.0. The number of ether oxygens (including phenoxy) is 3. The molecule has 4 aromatic rings. The van der Waals surface area contributed by atoms with Crippen LogP contribution in [0.2, 0.25) is 0 Å². The monoisotopic (exact) mass is 788 g/mol. The summed E-state index contributed by atoms with van der Waals surface area (Å²) in [6.45, 7) is 7.60. The zero-order chi connectivity index (χ0) is 41.6. The van der Waals surface area contributed by atoms with Crippen molar-refractivity contribution in [3.63, 3.8) is 0 Å². The number of rotatable bonds is 21. The third-order valence-corrected chi connectivity index (χ3v) is 9.73. The maximum atomic E-state index is 13.9. The number of aliphatic hydroxyl groups is 2. The van der Waals surface area contributed by atoms with Gasteiger partial charge in [0.15, 0.2) is 0 Å². The van der Waals surface area contributed by atoms with E-state index in [-0.39, 0.29) is 48.9 Å². The first-order valence-corrected chi connectivity index (χ1v) is 19.1. The Labute approximate surface area is 333 Å². The Bertz CT molecular complexity index is 2000. The van der Waals surface area contributed by atoms with Gasteiger partial charge >= 0.3 is 11.9 Å². The Kier molecular flexibility index (Phi) is 16.2. The molecule has 9 N–H and O–H groups in total. The average molecular weight is 789 g/mol. The first kappa shape index (κ1) is 44.0. The van der Waals surface area contributed by atoms with Crippen LogP contribution >= 0.6 is 0 Å². The maximum Gasteiger partial charge on any atom is 0.314 e. The SMILES string of the molecule is CCCCNc1nc(N)nc(C)c1Cc1ccc(C(C(=O)OCCO)C(C(=O)OC)c2ccc(Cc3c(C)nc(N)nc3NC(CO)CCC)c(O)c2)cc1OC. The number of anilines is 4. The molecule has 2 aromatic heterocycles. The fourth-order valence-electron chi connectivity index (χ4n) is 6.76. The molecule has 0 saturated heterocycles. The fraction of sp³-hybridized carbons (Fsp3) is 0.463. The number of nitrogens with two attached hydrogens (primary N) is 2.